The quantitative estimate of drug-likeness (QED) is 0.161. The zero-order valence-electron chi connectivity index (χ0n) is 44.3. The molecular weight excluding hydrogens is 1030 g/mol. The monoisotopic (exact) mass is 1070 g/mol. The molecule has 0 saturated heterocycles. The number of nitriles is 2. The predicted octanol–water partition coefficient (Wildman–Crippen LogP) is 20.2. The Morgan fingerprint density at radius 3 is 1.17 bits per heavy atom. The van der Waals surface area contributed by atoms with Gasteiger partial charge in [-0.25, -0.2) is 0 Å². The van der Waals surface area contributed by atoms with Crippen molar-refractivity contribution in [2.24, 2.45) is 0 Å². The summed E-state index contributed by atoms with van der Waals surface area (Å²) in [4.78, 5) is 0. The molecule has 0 unspecified atom stereocenters. The summed E-state index contributed by atoms with van der Waals surface area (Å²) < 4.78 is 11.5. The summed E-state index contributed by atoms with van der Waals surface area (Å²) in [5.41, 5.74) is 12.8. The van der Waals surface area contributed by atoms with Crippen molar-refractivity contribution in [2.45, 2.75) is 0 Å². The van der Waals surface area contributed by atoms with E-state index in [4.69, 9.17) is 0 Å². The Kier molecular flexibility index (Phi) is 9.42. The van der Waals surface area contributed by atoms with Crippen molar-refractivity contribution in [3.8, 4) is 46.0 Å². The molecule has 18 rings (SSSR count). The van der Waals surface area contributed by atoms with E-state index in [1.807, 2.05) is 0 Å². The molecule has 83 heavy (non-hydrogen) atoms. The largest absolute Gasteiger partial charge is 0.306 e. The Morgan fingerprint density at radius 1 is 0.277 bits per heavy atom. The van der Waals surface area contributed by atoms with Crippen molar-refractivity contribution in [1.29, 1.82) is 10.5 Å². The van der Waals surface area contributed by atoms with E-state index in [0.29, 0.717) is 33.9 Å². The highest BCUT2D eigenvalue weighted by molar-refractivity contribution is 7.26. The van der Waals surface area contributed by atoms with E-state index in [1.54, 1.807) is 11.3 Å². The van der Waals surface area contributed by atoms with Gasteiger partial charge in [-0.05, 0) is 87.3 Å². The molecule has 382 valence electrons. The van der Waals surface area contributed by atoms with Crippen LogP contribution in [0.1, 0.15) is 11.1 Å². The van der Waals surface area contributed by atoms with E-state index < -0.39 is 0 Å². The maximum absolute atomic E-state index is 13.0. The van der Waals surface area contributed by atoms with E-state index in [0.717, 1.165) is 104 Å². The van der Waals surface area contributed by atoms with Gasteiger partial charge in [0.15, 0.2) is 0 Å². The van der Waals surface area contributed by atoms with Crippen LogP contribution in [-0.4, -0.2) is 18.3 Å². The van der Waals surface area contributed by atoms with Crippen molar-refractivity contribution in [3.63, 3.8) is 0 Å². The number of nitrogens with zero attached hydrogens (tertiary/aromatic N) is 6. The average molecular weight is 1070 g/mol. The average Bonchev–Trinajstić information content (AvgIpc) is 1.88. The number of hydrogen-bond acceptors (Lipinski definition) is 3. The Bertz CT molecular complexity index is 5820. The van der Waals surface area contributed by atoms with Gasteiger partial charge in [-0.1, -0.05) is 200 Å². The van der Waals surface area contributed by atoms with Gasteiger partial charge in [-0.2, -0.15) is 10.5 Å². The molecule has 0 radical (unpaired) electrons. The minimum atomic E-state index is 0.418. The summed E-state index contributed by atoms with van der Waals surface area (Å²) in [5, 5.41) is 41.3. The van der Waals surface area contributed by atoms with Crippen LogP contribution < -0.4 is 0 Å². The normalized spacial score (nSPS) is 12.1. The maximum Gasteiger partial charge on any atom is 0.104 e. The fourth-order valence-corrected chi connectivity index (χ4v) is 15.5. The van der Waals surface area contributed by atoms with Crippen LogP contribution in [0.15, 0.2) is 255 Å². The molecule has 0 spiro atoms. The van der Waals surface area contributed by atoms with Gasteiger partial charge in [-0.3, -0.25) is 0 Å². The van der Waals surface area contributed by atoms with Crippen LogP contribution in [0, 0.1) is 22.7 Å². The minimum absolute atomic E-state index is 0.418. The third kappa shape index (κ3) is 6.13. The van der Waals surface area contributed by atoms with Crippen LogP contribution in [0.4, 0.5) is 0 Å². The first-order valence-electron chi connectivity index (χ1n) is 28.0. The summed E-state index contributed by atoms with van der Waals surface area (Å²) >= 11 is 1.81. The van der Waals surface area contributed by atoms with Gasteiger partial charge in [0.25, 0.3) is 0 Å². The Labute approximate surface area is 478 Å². The number of aromatic nitrogens is 4. The summed E-state index contributed by atoms with van der Waals surface area (Å²) in [5.74, 6) is 0. The van der Waals surface area contributed by atoms with E-state index in [-0.39, 0.29) is 0 Å². The van der Waals surface area contributed by atoms with Crippen molar-refractivity contribution < 1.29 is 0 Å². The summed E-state index contributed by atoms with van der Waals surface area (Å²) in [6, 6.07) is 96.7. The fourth-order valence-electron chi connectivity index (χ4n) is 14.3. The lowest BCUT2D eigenvalue weighted by Crippen LogP contribution is -2.16. The number of hydrogen-bond donors (Lipinski definition) is 0. The first kappa shape index (κ1) is 45.6. The Morgan fingerprint density at radius 2 is 0.675 bits per heavy atom. The summed E-state index contributed by atoms with van der Waals surface area (Å²) in [6.45, 7) is 0. The van der Waals surface area contributed by atoms with E-state index in [9.17, 15) is 10.5 Å². The third-order valence-corrected chi connectivity index (χ3v) is 18.8. The molecule has 0 aliphatic carbocycles. The second kappa shape index (κ2) is 17.1. The second-order valence-electron chi connectivity index (χ2n) is 21.7. The number of rotatable bonds is 5. The molecular formula is C76H42N6S. The van der Waals surface area contributed by atoms with Crippen LogP contribution in [0.5, 0.6) is 0 Å². The van der Waals surface area contributed by atoms with Gasteiger partial charge in [0.2, 0.25) is 0 Å². The van der Waals surface area contributed by atoms with Gasteiger partial charge in [0.05, 0.1) is 66.9 Å². The molecule has 18 aromatic rings. The Hall–Kier alpha value is -11.2. The number of benzene rings is 13. The molecule has 0 N–H and O–H groups in total. The third-order valence-electron chi connectivity index (χ3n) is 17.6. The first-order chi connectivity index (χ1) is 41.2. The molecule has 0 aliphatic rings. The van der Waals surface area contributed by atoms with Gasteiger partial charge >= 0.3 is 0 Å². The second-order valence-corrected chi connectivity index (χ2v) is 22.7. The minimum Gasteiger partial charge on any atom is -0.306 e. The molecule has 0 aliphatic heterocycles. The van der Waals surface area contributed by atoms with Crippen LogP contribution in [0.25, 0.3) is 163 Å². The van der Waals surface area contributed by atoms with Gasteiger partial charge in [0.1, 0.15) is 23.3 Å². The molecule has 0 amide bonds. The predicted molar refractivity (Wildman–Crippen MR) is 347 cm³/mol. The Balaban J connectivity index is 1.13. The van der Waals surface area contributed by atoms with Gasteiger partial charge < -0.3 is 18.3 Å². The van der Waals surface area contributed by atoms with Crippen LogP contribution in [-0.2, 0) is 0 Å². The smallest absolute Gasteiger partial charge is 0.104 e. The summed E-state index contributed by atoms with van der Waals surface area (Å²) in [6.07, 6.45) is 0. The molecule has 6 nitrogen and oxygen atoms in total. The van der Waals surface area contributed by atoms with Crippen LogP contribution in [0.3, 0.4) is 0 Å². The van der Waals surface area contributed by atoms with E-state index in [1.165, 1.54) is 36.3 Å². The lowest BCUT2D eigenvalue weighted by Gasteiger charge is -2.27. The molecule has 0 fully saturated rings. The fraction of sp³-hybridized carbons (Fsp3) is 0. The molecule has 5 aromatic heterocycles. The highest BCUT2D eigenvalue weighted by atomic mass is 32.1. The van der Waals surface area contributed by atoms with Gasteiger partial charge in [0, 0.05) is 63.3 Å². The highest BCUT2D eigenvalue weighted by Gasteiger charge is 2.35. The molecule has 0 saturated carbocycles. The topological polar surface area (TPSA) is 67.3 Å². The number of fused-ring (bicyclic) bond motifs is 19. The van der Waals surface area contributed by atoms with Crippen molar-refractivity contribution in [1.82, 2.24) is 18.3 Å². The molecule has 0 bridgehead atoms. The lowest BCUT2D eigenvalue weighted by atomic mass is 9.93. The van der Waals surface area contributed by atoms with Crippen LogP contribution >= 0.6 is 11.3 Å². The van der Waals surface area contributed by atoms with Crippen molar-refractivity contribution in [2.75, 3.05) is 0 Å². The zero-order chi connectivity index (χ0) is 54.6. The number of para-hydroxylation sites is 6. The van der Waals surface area contributed by atoms with Crippen molar-refractivity contribution in [3.05, 3.63) is 266 Å². The SMILES string of the molecule is N#Cc1c(-n2c3ccccc3c3ccccc32)c(-n2c3ccccc3c3ccccc32)c(C#N)c(-n2c3cc(-c4cccc5ccc6ccccc6c45)ccc3c3c4sc5ccccc5c4ccc32)c1-n1c2ccccc2c2ccccc21. The van der Waals surface area contributed by atoms with E-state index >= 15 is 0 Å². The first-order valence-corrected chi connectivity index (χ1v) is 28.8. The van der Waals surface area contributed by atoms with Crippen molar-refractivity contribution >= 4 is 140 Å². The number of thiophene rings is 1. The van der Waals surface area contributed by atoms with E-state index in [2.05, 4.69) is 285 Å². The maximum atomic E-state index is 13.0. The molecule has 5 heterocycles. The van der Waals surface area contributed by atoms with Crippen LogP contribution in [0.2, 0.25) is 0 Å². The molecule has 13 aromatic carbocycles. The molecule has 7 heteroatoms. The molecule has 0 atom stereocenters. The summed E-state index contributed by atoms with van der Waals surface area (Å²) in [7, 11) is 0. The standard InChI is InChI=1S/C76H42N6S/c77-43-59-72(79-61-29-10-3-21-50(61)51-22-4-11-30-62(51)79)73(80-63-31-12-5-23-52(63)53-24-6-13-32-64(53)80)60(44-78)75(74(59)81-65-33-14-7-25-54(65)55-26-8-15-34-66(55)81)82-67-41-40-57-56-27-9-16-35-69(56)83-76(57)71(67)58-39-38-47(42-68(58)82)49-28-17-19-46-37-36-45-18-1-2-20-48(45)70(46)49/h1-42H. The van der Waals surface area contributed by atoms with Gasteiger partial charge in [-0.15, -0.1) is 11.3 Å². The zero-order valence-corrected chi connectivity index (χ0v) is 45.2. The highest BCUT2D eigenvalue weighted by Crippen LogP contribution is 2.51. The lowest BCUT2D eigenvalue weighted by molar-refractivity contribution is 1.02.